The fourth-order valence-electron chi connectivity index (χ4n) is 1.09. The Labute approximate surface area is 83.9 Å². The molecule has 0 spiro atoms. The van der Waals surface area contributed by atoms with Crippen molar-refractivity contribution in [3.8, 4) is 5.75 Å². The summed E-state index contributed by atoms with van der Waals surface area (Å²) in [7, 11) is 1.66. The van der Waals surface area contributed by atoms with Crippen molar-refractivity contribution < 1.29 is 4.74 Å². The molecule has 3 heteroatoms. The normalized spacial score (nSPS) is 11.8. The number of benzene rings is 1. The van der Waals surface area contributed by atoms with E-state index in [1.807, 2.05) is 24.3 Å². The van der Waals surface area contributed by atoms with E-state index in [0.717, 1.165) is 5.75 Å². The van der Waals surface area contributed by atoms with Crippen LogP contribution in [0.25, 0.3) is 0 Å². The van der Waals surface area contributed by atoms with Crippen LogP contribution in [-0.2, 0) is 0 Å². The average molecular weight is 195 g/mol. The lowest BCUT2D eigenvalue weighted by Gasteiger charge is -2.11. The lowest BCUT2D eigenvalue weighted by Crippen LogP contribution is -2.14. The van der Waals surface area contributed by atoms with Gasteiger partial charge in [0.05, 0.1) is 12.6 Å². The second-order valence-electron chi connectivity index (χ2n) is 2.78. The fourth-order valence-corrected chi connectivity index (χ4v) is 1.29. The Morgan fingerprint density at radius 2 is 2.00 bits per heavy atom. The minimum atomic E-state index is 0.253. The third-order valence-electron chi connectivity index (χ3n) is 1.93. The highest BCUT2D eigenvalue weighted by molar-refractivity contribution is 7.78. The van der Waals surface area contributed by atoms with E-state index in [9.17, 15) is 0 Å². The van der Waals surface area contributed by atoms with Crippen molar-refractivity contribution in [2.45, 2.75) is 13.0 Å². The molecule has 0 aromatic heterocycles. The molecular formula is C10H13NOS. The van der Waals surface area contributed by atoms with E-state index in [4.69, 9.17) is 17.0 Å². The van der Waals surface area contributed by atoms with Gasteiger partial charge in [-0.1, -0.05) is 24.4 Å². The third kappa shape index (κ3) is 2.70. The van der Waals surface area contributed by atoms with E-state index in [-0.39, 0.29) is 6.04 Å². The first-order valence-corrected chi connectivity index (χ1v) is 4.58. The van der Waals surface area contributed by atoms with Gasteiger partial charge in [-0.15, -0.1) is 0 Å². The quantitative estimate of drug-likeness (QED) is 0.745. The zero-order valence-electron chi connectivity index (χ0n) is 7.78. The molecule has 1 rings (SSSR count). The third-order valence-corrected chi connectivity index (χ3v) is 2.07. The molecule has 1 aromatic rings. The average Bonchev–Trinajstić information content (AvgIpc) is 2.18. The maximum Gasteiger partial charge on any atom is 0.118 e. The predicted octanol–water partition coefficient (Wildman–Crippen LogP) is 2.30. The van der Waals surface area contributed by atoms with Crippen LogP contribution >= 0.6 is 12.2 Å². The monoisotopic (exact) mass is 195 g/mol. The van der Waals surface area contributed by atoms with Gasteiger partial charge in [0, 0.05) is 6.04 Å². The summed E-state index contributed by atoms with van der Waals surface area (Å²) in [6, 6.07) is 8.18. The van der Waals surface area contributed by atoms with Crippen LogP contribution in [0.3, 0.4) is 0 Å². The molecule has 2 nitrogen and oxygen atoms in total. The zero-order valence-corrected chi connectivity index (χ0v) is 8.60. The summed E-state index contributed by atoms with van der Waals surface area (Å²) in [4.78, 5) is 0. The number of hydrogen-bond donors (Lipinski definition) is 1. The number of methoxy groups -OCH3 is 1. The smallest absolute Gasteiger partial charge is 0.118 e. The summed E-state index contributed by atoms with van der Waals surface area (Å²) in [5.74, 6) is 0.873. The Morgan fingerprint density at radius 3 is 2.46 bits per heavy atom. The van der Waals surface area contributed by atoms with E-state index < -0.39 is 0 Å². The lowest BCUT2D eigenvalue weighted by atomic mass is 10.1. The van der Waals surface area contributed by atoms with Crippen molar-refractivity contribution in [2.75, 3.05) is 7.11 Å². The summed E-state index contributed by atoms with van der Waals surface area (Å²) >= 11 is 4.72. The zero-order chi connectivity index (χ0) is 9.68. The van der Waals surface area contributed by atoms with E-state index in [1.54, 1.807) is 7.11 Å². The van der Waals surface area contributed by atoms with Gasteiger partial charge < -0.3 is 10.1 Å². The standard InChI is InChI=1S/C10H13NOS/c1-8(11-7-13)9-3-5-10(12-2)6-4-9/h3-8H,1-2H3,(H,11,13). The molecule has 0 bridgehead atoms. The molecule has 0 saturated heterocycles. The molecule has 1 aromatic carbocycles. The first-order valence-electron chi connectivity index (χ1n) is 4.11. The molecule has 0 heterocycles. The molecule has 0 saturated carbocycles. The Bertz CT molecular complexity index is 271. The number of thiocarbonyl (C=S) groups is 1. The molecule has 1 atom stereocenters. The number of ether oxygens (including phenoxy) is 1. The number of hydrogen-bond acceptors (Lipinski definition) is 2. The van der Waals surface area contributed by atoms with Crippen molar-refractivity contribution in [1.82, 2.24) is 5.32 Å². The van der Waals surface area contributed by atoms with E-state index >= 15 is 0 Å². The van der Waals surface area contributed by atoms with Crippen LogP contribution in [0, 0.1) is 0 Å². The van der Waals surface area contributed by atoms with Gasteiger partial charge in [-0.2, -0.15) is 0 Å². The topological polar surface area (TPSA) is 21.3 Å². The van der Waals surface area contributed by atoms with Crippen molar-refractivity contribution >= 4 is 17.7 Å². The van der Waals surface area contributed by atoms with Crippen LogP contribution in [0.4, 0.5) is 0 Å². The van der Waals surface area contributed by atoms with Crippen LogP contribution in [0.15, 0.2) is 24.3 Å². The minimum absolute atomic E-state index is 0.253. The second kappa shape index (κ2) is 4.82. The Balaban J connectivity index is 2.73. The molecule has 13 heavy (non-hydrogen) atoms. The van der Waals surface area contributed by atoms with Gasteiger partial charge in [-0.05, 0) is 24.6 Å². The van der Waals surface area contributed by atoms with E-state index in [2.05, 4.69) is 12.2 Å². The Hall–Kier alpha value is -1.09. The van der Waals surface area contributed by atoms with Crippen LogP contribution in [0.5, 0.6) is 5.75 Å². The van der Waals surface area contributed by atoms with Gasteiger partial charge in [0.2, 0.25) is 0 Å². The maximum atomic E-state index is 5.06. The lowest BCUT2D eigenvalue weighted by molar-refractivity contribution is 0.414. The highest BCUT2D eigenvalue weighted by Crippen LogP contribution is 2.16. The van der Waals surface area contributed by atoms with Crippen LogP contribution in [0.2, 0.25) is 0 Å². The van der Waals surface area contributed by atoms with Gasteiger partial charge in [0.1, 0.15) is 5.75 Å². The van der Waals surface area contributed by atoms with Crippen LogP contribution in [-0.4, -0.2) is 12.6 Å². The minimum Gasteiger partial charge on any atom is -0.497 e. The number of nitrogens with one attached hydrogen (secondary N) is 1. The van der Waals surface area contributed by atoms with Gasteiger partial charge in [-0.25, -0.2) is 0 Å². The Morgan fingerprint density at radius 1 is 1.38 bits per heavy atom. The molecule has 0 radical (unpaired) electrons. The van der Waals surface area contributed by atoms with Gasteiger partial charge in [-0.3, -0.25) is 0 Å². The SMILES string of the molecule is COc1ccc(C(C)NC=S)cc1. The molecular weight excluding hydrogens is 182 g/mol. The van der Waals surface area contributed by atoms with Crippen molar-refractivity contribution in [3.05, 3.63) is 29.8 Å². The molecule has 70 valence electrons. The fraction of sp³-hybridized carbons (Fsp3) is 0.300. The summed E-state index contributed by atoms with van der Waals surface area (Å²) < 4.78 is 5.06. The van der Waals surface area contributed by atoms with Crippen molar-refractivity contribution in [3.63, 3.8) is 0 Å². The highest BCUT2D eigenvalue weighted by atomic mass is 32.1. The molecule has 0 aliphatic heterocycles. The summed E-state index contributed by atoms with van der Waals surface area (Å²) in [6.45, 7) is 2.06. The summed E-state index contributed by atoms with van der Waals surface area (Å²) in [5.41, 5.74) is 2.73. The maximum absolute atomic E-state index is 5.06. The molecule has 0 amide bonds. The molecule has 1 unspecified atom stereocenters. The van der Waals surface area contributed by atoms with E-state index in [1.165, 1.54) is 11.1 Å². The highest BCUT2D eigenvalue weighted by Gasteiger charge is 2.01. The predicted molar refractivity (Wildman–Crippen MR) is 58.2 cm³/mol. The van der Waals surface area contributed by atoms with Gasteiger partial charge in [0.25, 0.3) is 0 Å². The second-order valence-corrected chi connectivity index (χ2v) is 3.02. The molecule has 0 aliphatic rings. The van der Waals surface area contributed by atoms with Gasteiger partial charge in [0.15, 0.2) is 0 Å². The largest absolute Gasteiger partial charge is 0.497 e. The molecule has 1 N–H and O–H groups in total. The summed E-state index contributed by atoms with van der Waals surface area (Å²) in [5, 5.41) is 3.05. The molecule has 0 aliphatic carbocycles. The summed E-state index contributed by atoms with van der Waals surface area (Å²) in [6.07, 6.45) is 0. The first kappa shape index (κ1) is 9.99. The first-order chi connectivity index (χ1) is 6.27. The van der Waals surface area contributed by atoms with Crippen LogP contribution < -0.4 is 10.1 Å². The van der Waals surface area contributed by atoms with Crippen molar-refractivity contribution in [2.24, 2.45) is 0 Å². The Kier molecular flexibility index (Phi) is 3.71. The van der Waals surface area contributed by atoms with E-state index in [0.29, 0.717) is 0 Å². The van der Waals surface area contributed by atoms with Crippen molar-refractivity contribution in [1.29, 1.82) is 0 Å². The molecule has 0 fully saturated rings. The van der Waals surface area contributed by atoms with Crippen LogP contribution in [0.1, 0.15) is 18.5 Å². The number of rotatable bonds is 4. The van der Waals surface area contributed by atoms with Gasteiger partial charge >= 0.3 is 0 Å².